The topological polar surface area (TPSA) is 63.2 Å². The standard InChI is InChI=1S/C14H9Cl2N3O2S/c15-9-3-2-8(6-10(9)16)19-12(20)7-11(13(19)21)22-14-17-4-1-5-18-14/h1-6,11H,7H2/t11-/m1/s1. The van der Waals surface area contributed by atoms with E-state index in [0.717, 1.165) is 4.90 Å². The van der Waals surface area contributed by atoms with E-state index in [4.69, 9.17) is 23.2 Å². The van der Waals surface area contributed by atoms with Gasteiger partial charge in [-0.1, -0.05) is 35.0 Å². The Kier molecular flexibility index (Phi) is 4.33. The molecule has 112 valence electrons. The minimum Gasteiger partial charge on any atom is -0.274 e. The van der Waals surface area contributed by atoms with Gasteiger partial charge in [0.05, 0.1) is 15.7 Å². The van der Waals surface area contributed by atoms with Gasteiger partial charge in [0, 0.05) is 18.8 Å². The molecular weight excluding hydrogens is 345 g/mol. The highest BCUT2D eigenvalue weighted by atomic mass is 35.5. The average Bonchev–Trinajstić information content (AvgIpc) is 2.78. The van der Waals surface area contributed by atoms with E-state index < -0.39 is 5.25 Å². The normalized spacial score (nSPS) is 18.1. The largest absolute Gasteiger partial charge is 0.274 e. The van der Waals surface area contributed by atoms with Crippen molar-refractivity contribution >= 4 is 52.5 Å². The molecule has 1 saturated heterocycles. The van der Waals surface area contributed by atoms with Crippen LogP contribution in [0, 0.1) is 0 Å². The average molecular weight is 354 g/mol. The number of halogens is 2. The lowest BCUT2D eigenvalue weighted by Gasteiger charge is -2.15. The molecular formula is C14H9Cl2N3O2S. The van der Waals surface area contributed by atoms with Gasteiger partial charge in [0.15, 0.2) is 5.16 Å². The van der Waals surface area contributed by atoms with Gasteiger partial charge in [0.2, 0.25) is 11.8 Å². The Balaban J connectivity index is 1.83. The summed E-state index contributed by atoms with van der Waals surface area (Å²) in [6, 6.07) is 6.34. The second-order valence-corrected chi connectivity index (χ2v) is 6.49. The monoisotopic (exact) mass is 353 g/mol. The zero-order valence-electron chi connectivity index (χ0n) is 11.1. The number of hydrogen-bond acceptors (Lipinski definition) is 5. The number of thioether (sulfide) groups is 1. The van der Waals surface area contributed by atoms with E-state index in [1.54, 1.807) is 30.6 Å². The summed E-state index contributed by atoms with van der Waals surface area (Å²) in [5.74, 6) is -0.585. The molecule has 5 nitrogen and oxygen atoms in total. The summed E-state index contributed by atoms with van der Waals surface area (Å²) in [4.78, 5) is 33.9. The zero-order chi connectivity index (χ0) is 15.7. The molecule has 1 fully saturated rings. The third-order valence-electron chi connectivity index (χ3n) is 3.06. The number of carbonyl (C=O) groups excluding carboxylic acids is 2. The Morgan fingerprint density at radius 3 is 2.55 bits per heavy atom. The molecule has 8 heteroatoms. The Bertz CT molecular complexity index is 742. The fourth-order valence-electron chi connectivity index (χ4n) is 2.07. The third-order valence-corrected chi connectivity index (χ3v) is 4.87. The van der Waals surface area contributed by atoms with E-state index in [2.05, 4.69) is 9.97 Å². The first-order chi connectivity index (χ1) is 10.6. The lowest BCUT2D eigenvalue weighted by molar-refractivity contribution is -0.121. The summed E-state index contributed by atoms with van der Waals surface area (Å²) in [6.07, 6.45) is 3.28. The number of hydrogen-bond donors (Lipinski definition) is 0. The van der Waals surface area contributed by atoms with Gasteiger partial charge in [-0.15, -0.1) is 0 Å². The van der Waals surface area contributed by atoms with Gasteiger partial charge in [-0.2, -0.15) is 0 Å². The molecule has 1 aromatic carbocycles. The molecule has 22 heavy (non-hydrogen) atoms. The molecule has 1 aliphatic rings. The van der Waals surface area contributed by atoms with Crippen LogP contribution in [-0.2, 0) is 9.59 Å². The number of benzene rings is 1. The highest BCUT2D eigenvalue weighted by Crippen LogP contribution is 2.34. The molecule has 1 aliphatic heterocycles. The van der Waals surface area contributed by atoms with Gasteiger partial charge in [0.1, 0.15) is 5.25 Å². The Hall–Kier alpha value is -1.63. The molecule has 1 aromatic heterocycles. The lowest BCUT2D eigenvalue weighted by Crippen LogP contribution is -2.31. The molecule has 3 rings (SSSR count). The number of anilines is 1. The van der Waals surface area contributed by atoms with Crippen LogP contribution in [-0.4, -0.2) is 27.0 Å². The Morgan fingerprint density at radius 1 is 1.14 bits per heavy atom. The first-order valence-electron chi connectivity index (χ1n) is 6.32. The van der Waals surface area contributed by atoms with Crippen molar-refractivity contribution in [2.75, 3.05) is 4.90 Å². The van der Waals surface area contributed by atoms with Gasteiger partial charge < -0.3 is 0 Å². The fraction of sp³-hybridized carbons (Fsp3) is 0.143. The molecule has 2 amide bonds. The third kappa shape index (κ3) is 2.95. The molecule has 0 radical (unpaired) electrons. The molecule has 0 aliphatic carbocycles. The number of amides is 2. The van der Waals surface area contributed by atoms with Crippen molar-refractivity contribution in [3.8, 4) is 0 Å². The summed E-state index contributed by atoms with van der Waals surface area (Å²) >= 11 is 13.0. The summed E-state index contributed by atoms with van der Waals surface area (Å²) in [6.45, 7) is 0. The maximum Gasteiger partial charge on any atom is 0.247 e. The van der Waals surface area contributed by atoms with Crippen molar-refractivity contribution in [1.82, 2.24) is 9.97 Å². The van der Waals surface area contributed by atoms with Crippen molar-refractivity contribution in [1.29, 1.82) is 0 Å². The van der Waals surface area contributed by atoms with Crippen LogP contribution in [0.25, 0.3) is 0 Å². The van der Waals surface area contributed by atoms with Gasteiger partial charge in [-0.25, -0.2) is 14.9 Å². The first kappa shape index (κ1) is 15.3. The molecule has 0 N–H and O–H groups in total. The molecule has 0 saturated carbocycles. The predicted molar refractivity (Wildman–Crippen MR) is 85.2 cm³/mol. The van der Waals surface area contributed by atoms with E-state index in [1.807, 2.05) is 0 Å². The smallest absolute Gasteiger partial charge is 0.247 e. The summed E-state index contributed by atoms with van der Waals surface area (Å²) in [5, 5.41) is 0.587. The van der Waals surface area contributed by atoms with E-state index in [1.165, 1.54) is 17.8 Å². The van der Waals surface area contributed by atoms with E-state index >= 15 is 0 Å². The van der Waals surface area contributed by atoms with E-state index in [0.29, 0.717) is 20.9 Å². The molecule has 0 spiro atoms. The SMILES string of the molecule is O=C1C[C@@H](Sc2ncccn2)C(=O)N1c1ccc(Cl)c(Cl)c1. The predicted octanol–water partition coefficient (Wildman–Crippen LogP) is 3.21. The molecule has 0 unspecified atom stereocenters. The fourth-order valence-corrected chi connectivity index (χ4v) is 3.29. The van der Waals surface area contributed by atoms with Crippen LogP contribution >= 0.6 is 35.0 Å². The van der Waals surface area contributed by atoms with Crippen molar-refractivity contribution in [2.45, 2.75) is 16.8 Å². The highest BCUT2D eigenvalue weighted by Gasteiger charge is 2.40. The second-order valence-electron chi connectivity index (χ2n) is 4.51. The Morgan fingerprint density at radius 2 is 1.86 bits per heavy atom. The van der Waals surface area contributed by atoms with Crippen LogP contribution in [0.4, 0.5) is 5.69 Å². The summed E-state index contributed by atoms with van der Waals surface area (Å²) in [7, 11) is 0. The molecule has 0 bridgehead atoms. The minimum atomic E-state index is -0.538. The Labute approximate surface area is 140 Å². The van der Waals surface area contributed by atoms with Crippen LogP contribution in [0.1, 0.15) is 6.42 Å². The quantitative estimate of drug-likeness (QED) is 0.626. The zero-order valence-corrected chi connectivity index (χ0v) is 13.4. The van der Waals surface area contributed by atoms with Gasteiger partial charge in [0.25, 0.3) is 0 Å². The van der Waals surface area contributed by atoms with Crippen LogP contribution in [0.2, 0.25) is 10.0 Å². The highest BCUT2D eigenvalue weighted by molar-refractivity contribution is 8.00. The summed E-state index contributed by atoms with van der Waals surface area (Å²) in [5.41, 5.74) is 0.418. The number of imide groups is 1. The number of carbonyl (C=O) groups is 2. The van der Waals surface area contributed by atoms with E-state index in [-0.39, 0.29) is 18.2 Å². The van der Waals surface area contributed by atoms with Crippen molar-refractivity contribution in [2.24, 2.45) is 0 Å². The number of nitrogens with zero attached hydrogens (tertiary/aromatic N) is 3. The lowest BCUT2D eigenvalue weighted by atomic mass is 10.3. The molecule has 2 aromatic rings. The van der Waals surface area contributed by atoms with Crippen LogP contribution in [0.3, 0.4) is 0 Å². The van der Waals surface area contributed by atoms with Crippen molar-refractivity contribution in [3.05, 3.63) is 46.7 Å². The van der Waals surface area contributed by atoms with Gasteiger partial charge in [-0.3, -0.25) is 9.59 Å². The molecule has 1 atom stereocenters. The summed E-state index contributed by atoms with van der Waals surface area (Å²) < 4.78 is 0. The van der Waals surface area contributed by atoms with Crippen LogP contribution < -0.4 is 4.90 Å². The van der Waals surface area contributed by atoms with Gasteiger partial charge >= 0.3 is 0 Å². The van der Waals surface area contributed by atoms with Gasteiger partial charge in [-0.05, 0) is 24.3 Å². The first-order valence-corrected chi connectivity index (χ1v) is 7.95. The second kappa shape index (κ2) is 6.24. The molecule has 2 heterocycles. The maximum absolute atomic E-state index is 12.5. The van der Waals surface area contributed by atoms with Crippen molar-refractivity contribution < 1.29 is 9.59 Å². The number of aromatic nitrogens is 2. The van der Waals surface area contributed by atoms with Crippen LogP contribution in [0.5, 0.6) is 0 Å². The van der Waals surface area contributed by atoms with Crippen LogP contribution in [0.15, 0.2) is 41.8 Å². The minimum absolute atomic E-state index is 0.0992. The number of rotatable bonds is 3. The van der Waals surface area contributed by atoms with Crippen molar-refractivity contribution in [3.63, 3.8) is 0 Å². The maximum atomic E-state index is 12.5. The van der Waals surface area contributed by atoms with E-state index in [9.17, 15) is 9.59 Å².